The first-order chi connectivity index (χ1) is 11.1. The van der Waals surface area contributed by atoms with Crippen molar-refractivity contribution in [3.05, 3.63) is 41.1 Å². The van der Waals surface area contributed by atoms with Gasteiger partial charge in [0.05, 0.1) is 11.4 Å². The lowest BCUT2D eigenvalue weighted by molar-refractivity contribution is 0.0869. The van der Waals surface area contributed by atoms with Crippen molar-refractivity contribution in [3.8, 4) is 17.0 Å². The summed E-state index contributed by atoms with van der Waals surface area (Å²) in [6.07, 6.45) is 1.47. The predicted octanol–water partition coefficient (Wildman–Crippen LogP) is 2.50. The van der Waals surface area contributed by atoms with Crippen molar-refractivity contribution in [2.24, 2.45) is 5.92 Å². The molecule has 0 radical (unpaired) electrons. The molecule has 0 aliphatic carbocycles. The molecule has 5 nitrogen and oxygen atoms in total. The van der Waals surface area contributed by atoms with Gasteiger partial charge in [-0.25, -0.2) is 0 Å². The molecule has 2 aromatic rings. The number of hydrogen-bond donors (Lipinski definition) is 3. The summed E-state index contributed by atoms with van der Waals surface area (Å²) in [5, 5.41) is 32.5. The number of piperidine rings is 1. The number of aromatic nitrogens is 2. The van der Waals surface area contributed by atoms with Gasteiger partial charge < -0.3 is 15.5 Å². The molecule has 122 valence electrons. The number of phenols is 1. The molecule has 3 rings (SSSR count). The van der Waals surface area contributed by atoms with Crippen molar-refractivity contribution in [3.63, 3.8) is 0 Å². The van der Waals surface area contributed by atoms with E-state index in [1.165, 1.54) is 0 Å². The Bertz CT molecular complexity index is 697. The number of nitrogens with zero attached hydrogens (tertiary/aromatic N) is 2. The lowest BCUT2D eigenvalue weighted by Crippen LogP contribution is -2.33. The van der Waals surface area contributed by atoms with Gasteiger partial charge in [-0.2, -0.15) is 10.2 Å². The number of aliphatic hydroxyl groups is 1. The lowest BCUT2D eigenvalue weighted by Gasteiger charge is -2.27. The molecule has 1 saturated heterocycles. The summed E-state index contributed by atoms with van der Waals surface area (Å²) in [6.45, 7) is 5.68. The van der Waals surface area contributed by atoms with Gasteiger partial charge in [0.2, 0.25) is 0 Å². The predicted molar refractivity (Wildman–Crippen MR) is 89.2 cm³/mol. The van der Waals surface area contributed by atoms with Crippen LogP contribution in [0.5, 0.6) is 5.75 Å². The summed E-state index contributed by atoms with van der Waals surface area (Å²) >= 11 is 0. The van der Waals surface area contributed by atoms with E-state index in [2.05, 4.69) is 15.5 Å². The molecule has 23 heavy (non-hydrogen) atoms. The molecule has 2 heterocycles. The van der Waals surface area contributed by atoms with Crippen molar-refractivity contribution in [1.82, 2.24) is 15.5 Å². The van der Waals surface area contributed by atoms with E-state index in [0.717, 1.165) is 37.1 Å². The molecule has 1 aliphatic heterocycles. The molecule has 1 fully saturated rings. The monoisotopic (exact) mass is 313 g/mol. The molecule has 1 aromatic carbocycles. The Morgan fingerprint density at radius 2 is 2.04 bits per heavy atom. The van der Waals surface area contributed by atoms with Crippen molar-refractivity contribution in [2.75, 3.05) is 13.1 Å². The van der Waals surface area contributed by atoms with Gasteiger partial charge >= 0.3 is 0 Å². The van der Waals surface area contributed by atoms with Crippen LogP contribution in [0.2, 0.25) is 0 Å². The van der Waals surface area contributed by atoms with Crippen molar-refractivity contribution in [1.29, 1.82) is 0 Å². The van der Waals surface area contributed by atoms with Gasteiger partial charge in [-0.1, -0.05) is 6.07 Å². The molecule has 5 heteroatoms. The Balaban J connectivity index is 1.88. The standard InChI is InChI=1S/C18H23N3O2/c1-11-5-6-14(16(22)8-11)15-9-12(2)17(21-20-15)18(23)13-4-3-7-19-10-13/h5-6,8-9,13,18-19,22-23H,3-4,7,10H2,1-2H3. The smallest absolute Gasteiger partial charge is 0.125 e. The molecule has 2 atom stereocenters. The third kappa shape index (κ3) is 3.35. The van der Waals surface area contributed by atoms with Crippen LogP contribution < -0.4 is 5.32 Å². The van der Waals surface area contributed by atoms with Crippen LogP contribution in [0.15, 0.2) is 24.3 Å². The zero-order valence-electron chi connectivity index (χ0n) is 13.6. The van der Waals surface area contributed by atoms with Gasteiger partial charge in [0, 0.05) is 18.0 Å². The van der Waals surface area contributed by atoms with Gasteiger partial charge in [0.25, 0.3) is 0 Å². The van der Waals surface area contributed by atoms with Crippen LogP contribution in [0, 0.1) is 19.8 Å². The van der Waals surface area contributed by atoms with Crippen LogP contribution in [0.3, 0.4) is 0 Å². The molecule has 0 amide bonds. The highest BCUT2D eigenvalue weighted by Crippen LogP contribution is 2.32. The van der Waals surface area contributed by atoms with Crippen LogP contribution >= 0.6 is 0 Å². The fourth-order valence-corrected chi connectivity index (χ4v) is 3.15. The number of aryl methyl sites for hydroxylation is 2. The zero-order valence-corrected chi connectivity index (χ0v) is 13.6. The summed E-state index contributed by atoms with van der Waals surface area (Å²) in [6, 6.07) is 7.37. The lowest BCUT2D eigenvalue weighted by atomic mass is 9.90. The van der Waals surface area contributed by atoms with Gasteiger partial charge in [-0.3, -0.25) is 0 Å². The number of rotatable bonds is 3. The molecule has 2 unspecified atom stereocenters. The number of nitrogens with one attached hydrogen (secondary N) is 1. The number of phenolic OH excluding ortho intramolecular Hbond substituents is 1. The summed E-state index contributed by atoms with van der Waals surface area (Å²) in [5.41, 5.74) is 3.80. The Hall–Kier alpha value is -1.98. The van der Waals surface area contributed by atoms with Gasteiger partial charge in [-0.05, 0) is 62.6 Å². The first-order valence-corrected chi connectivity index (χ1v) is 8.09. The highest BCUT2D eigenvalue weighted by molar-refractivity contribution is 5.67. The number of aliphatic hydroxyl groups excluding tert-OH is 1. The molecular weight excluding hydrogens is 290 g/mol. The average Bonchev–Trinajstić information content (AvgIpc) is 2.55. The maximum absolute atomic E-state index is 10.6. The summed E-state index contributed by atoms with van der Waals surface area (Å²) in [4.78, 5) is 0. The van der Waals surface area contributed by atoms with E-state index >= 15 is 0 Å². The van der Waals surface area contributed by atoms with Gasteiger partial charge in [0.15, 0.2) is 0 Å². The van der Waals surface area contributed by atoms with E-state index < -0.39 is 6.10 Å². The van der Waals surface area contributed by atoms with Crippen LogP contribution in [0.4, 0.5) is 0 Å². The molecule has 1 aliphatic rings. The first kappa shape index (κ1) is 15.9. The third-order valence-corrected chi connectivity index (χ3v) is 4.51. The number of hydrogen-bond acceptors (Lipinski definition) is 5. The van der Waals surface area contributed by atoms with E-state index in [9.17, 15) is 10.2 Å². The minimum atomic E-state index is -0.601. The van der Waals surface area contributed by atoms with E-state index in [1.54, 1.807) is 6.07 Å². The van der Waals surface area contributed by atoms with Crippen LogP contribution in [-0.2, 0) is 0 Å². The fraction of sp³-hybridized carbons (Fsp3) is 0.444. The topological polar surface area (TPSA) is 78.3 Å². The van der Waals surface area contributed by atoms with Crippen molar-refractivity contribution in [2.45, 2.75) is 32.8 Å². The van der Waals surface area contributed by atoms with E-state index in [-0.39, 0.29) is 11.7 Å². The van der Waals surface area contributed by atoms with Gasteiger partial charge in [-0.15, -0.1) is 0 Å². The summed E-state index contributed by atoms with van der Waals surface area (Å²) in [7, 11) is 0. The van der Waals surface area contributed by atoms with E-state index in [4.69, 9.17) is 0 Å². The average molecular weight is 313 g/mol. The highest BCUT2D eigenvalue weighted by Gasteiger charge is 2.26. The highest BCUT2D eigenvalue weighted by atomic mass is 16.3. The minimum absolute atomic E-state index is 0.176. The maximum atomic E-state index is 10.6. The molecular formula is C18H23N3O2. The second-order valence-electron chi connectivity index (χ2n) is 6.37. The van der Waals surface area contributed by atoms with Gasteiger partial charge in [0.1, 0.15) is 11.9 Å². The third-order valence-electron chi connectivity index (χ3n) is 4.51. The second-order valence-corrected chi connectivity index (χ2v) is 6.37. The minimum Gasteiger partial charge on any atom is -0.507 e. The van der Waals surface area contributed by atoms with Crippen LogP contribution in [0.25, 0.3) is 11.3 Å². The second kappa shape index (κ2) is 6.64. The molecule has 1 aromatic heterocycles. The first-order valence-electron chi connectivity index (χ1n) is 8.09. The molecule has 0 bridgehead atoms. The Morgan fingerprint density at radius 1 is 1.22 bits per heavy atom. The largest absolute Gasteiger partial charge is 0.507 e. The van der Waals surface area contributed by atoms with Crippen LogP contribution in [-0.4, -0.2) is 33.5 Å². The molecule has 0 saturated carbocycles. The van der Waals surface area contributed by atoms with E-state index in [1.807, 2.05) is 32.0 Å². The van der Waals surface area contributed by atoms with Crippen molar-refractivity contribution < 1.29 is 10.2 Å². The Labute approximate surface area is 136 Å². The molecule has 0 spiro atoms. The summed E-state index contributed by atoms with van der Waals surface area (Å²) in [5.74, 6) is 0.374. The normalized spacial score (nSPS) is 19.5. The van der Waals surface area contributed by atoms with Crippen LogP contribution in [0.1, 0.15) is 35.8 Å². The molecule has 3 N–H and O–H groups in total. The Kier molecular flexibility index (Phi) is 4.59. The Morgan fingerprint density at radius 3 is 2.70 bits per heavy atom. The zero-order chi connectivity index (χ0) is 16.4. The quantitative estimate of drug-likeness (QED) is 0.811. The SMILES string of the molecule is Cc1ccc(-c2cc(C)c(C(O)C3CCCNC3)nn2)c(O)c1. The summed E-state index contributed by atoms with van der Waals surface area (Å²) < 4.78 is 0. The number of benzene rings is 1. The fourth-order valence-electron chi connectivity index (χ4n) is 3.15. The van der Waals surface area contributed by atoms with E-state index in [0.29, 0.717) is 17.0 Å². The van der Waals surface area contributed by atoms with Crippen molar-refractivity contribution >= 4 is 0 Å². The maximum Gasteiger partial charge on any atom is 0.125 e. The number of aromatic hydroxyl groups is 1.